The van der Waals surface area contributed by atoms with E-state index in [2.05, 4.69) is 5.32 Å². The Hall–Kier alpha value is -1.43. The first kappa shape index (κ1) is 15.6. The number of amides is 2. The normalized spacial score (nSPS) is 20.6. The number of carbonyl (C=O) groups excluding carboxylic acids is 3. The fraction of sp³-hybridized carbons (Fsp3) is 0.769. The van der Waals surface area contributed by atoms with Crippen molar-refractivity contribution >= 4 is 17.8 Å². The van der Waals surface area contributed by atoms with Gasteiger partial charge in [-0.3, -0.25) is 19.3 Å². The molecule has 108 valence electrons. The highest BCUT2D eigenvalue weighted by atomic mass is 16.6. The van der Waals surface area contributed by atoms with Crippen LogP contribution in [-0.4, -0.2) is 47.9 Å². The van der Waals surface area contributed by atoms with Gasteiger partial charge in [0.15, 0.2) is 0 Å². The highest BCUT2D eigenvalue weighted by molar-refractivity contribution is 6.00. The van der Waals surface area contributed by atoms with Crippen molar-refractivity contribution in [2.75, 3.05) is 13.6 Å². The standard InChI is InChI=1S/C13H22N2O4/c1-13(2,3)19-11(17)7-8-14-9-5-6-10(16)15(4)12(9)18/h9,14H,5-8H2,1-4H3. The van der Waals surface area contributed by atoms with E-state index in [4.69, 9.17) is 4.74 Å². The molecular formula is C13H22N2O4. The number of likely N-dealkylation sites (tertiary alicyclic amines) is 1. The fourth-order valence-electron chi connectivity index (χ4n) is 1.85. The molecule has 0 aliphatic carbocycles. The van der Waals surface area contributed by atoms with Gasteiger partial charge in [0.1, 0.15) is 5.60 Å². The topological polar surface area (TPSA) is 75.7 Å². The number of imide groups is 1. The monoisotopic (exact) mass is 270 g/mol. The van der Waals surface area contributed by atoms with Crippen molar-refractivity contribution in [3.05, 3.63) is 0 Å². The zero-order chi connectivity index (χ0) is 14.6. The van der Waals surface area contributed by atoms with Gasteiger partial charge in [-0.15, -0.1) is 0 Å². The van der Waals surface area contributed by atoms with Crippen molar-refractivity contribution < 1.29 is 19.1 Å². The molecular weight excluding hydrogens is 248 g/mol. The summed E-state index contributed by atoms with van der Waals surface area (Å²) >= 11 is 0. The van der Waals surface area contributed by atoms with Gasteiger partial charge < -0.3 is 10.1 Å². The second-order valence-corrected chi connectivity index (χ2v) is 5.67. The van der Waals surface area contributed by atoms with Crippen LogP contribution in [0, 0.1) is 0 Å². The van der Waals surface area contributed by atoms with E-state index in [1.165, 1.54) is 7.05 Å². The summed E-state index contributed by atoms with van der Waals surface area (Å²) in [5.74, 6) is -0.691. The Morgan fingerprint density at radius 2 is 2.05 bits per heavy atom. The quantitative estimate of drug-likeness (QED) is 0.593. The summed E-state index contributed by atoms with van der Waals surface area (Å²) in [5.41, 5.74) is -0.496. The van der Waals surface area contributed by atoms with Crippen molar-refractivity contribution in [1.29, 1.82) is 0 Å². The first-order valence-electron chi connectivity index (χ1n) is 6.46. The van der Waals surface area contributed by atoms with Crippen molar-refractivity contribution in [3.8, 4) is 0 Å². The van der Waals surface area contributed by atoms with E-state index in [0.717, 1.165) is 4.90 Å². The average molecular weight is 270 g/mol. The van der Waals surface area contributed by atoms with E-state index in [-0.39, 0.29) is 30.2 Å². The third-order valence-electron chi connectivity index (χ3n) is 2.79. The zero-order valence-corrected chi connectivity index (χ0v) is 12.0. The molecule has 0 aromatic carbocycles. The summed E-state index contributed by atoms with van der Waals surface area (Å²) in [7, 11) is 1.48. The molecule has 1 atom stereocenters. The van der Waals surface area contributed by atoms with Crippen molar-refractivity contribution in [2.24, 2.45) is 0 Å². The van der Waals surface area contributed by atoms with E-state index in [0.29, 0.717) is 19.4 Å². The van der Waals surface area contributed by atoms with Gasteiger partial charge in [0.25, 0.3) is 0 Å². The van der Waals surface area contributed by atoms with E-state index >= 15 is 0 Å². The lowest BCUT2D eigenvalue weighted by Crippen LogP contribution is -2.51. The molecule has 1 N–H and O–H groups in total. The Balaban J connectivity index is 2.32. The van der Waals surface area contributed by atoms with Crippen LogP contribution in [0.1, 0.15) is 40.0 Å². The van der Waals surface area contributed by atoms with E-state index in [9.17, 15) is 14.4 Å². The maximum atomic E-state index is 11.8. The van der Waals surface area contributed by atoms with Crippen LogP contribution < -0.4 is 5.32 Å². The van der Waals surface area contributed by atoms with E-state index in [1.807, 2.05) is 20.8 Å². The third-order valence-corrected chi connectivity index (χ3v) is 2.79. The number of piperidine rings is 1. The third kappa shape index (κ3) is 4.98. The molecule has 0 spiro atoms. The van der Waals surface area contributed by atoms with Gasteiger partial charge in [0.2, 0.25) is 11.8 Å². The maximum absolute atomic E-state index is 11.8. The number of rotatable bonds is 4. The SMILES string of the molecule is CN1C(=O)CCC(NCCC(=O)OC(C)(C)C)C1=O. The van der Waals surface area contributed by atoms with Crippen LogP contribution in [0.5, 0.6) is 0 Å². The molecule has 1 saturated heterocycles. The molecule has 0 saturated carbocycles. The highest BCUT2D eigenvalue weighted by Gasteiger charge is 2.31. The first-order valence-corrected chi connectivity index (χ1v) is 6.46. The van der Waals surface area contributed by atoms with E-state index in [1.54, 1.807) is 0 Å². The lowest BCUT2D eigenvalue weighted by atomic mass is 10.0. The lowest BCUT2D eigenvalue weighted by molar-refractivity contribution is -0.155. The van der Waals surface area contributed by atoms with Crippen LogP contribution in [0.2, 0.25) is 0 Å². The molecule has 1 heterocycles. The number of nitrogens with one attached hydrogen (secondary N) is 1. The van der Waals surface area contributed by atoms with Crippen LogP contribution in [0.25, 0.3) is 0 Å². The molecule has 0 aromatic rings. The molecule has 1 rings (SSSR count). The van der Waals surface area contributed by atoms with Gasteiger partial charge in [-0.25, -0.2) is 0 Å². The maximum Gasteiger partial charge on any atom is 0.307 e. The minimum atomic E-state index is -0.496. The van der Waals surface area contributed by atoms with Crippen molar-refractivity contribution in [1.82, 2.24) is 10.2 Å². The van der Waals surface area contributed by atoms with Gasteiger partial charge in [-0.1, -0.05) is 0 Å². The van der Waals surface area contributed by atoms with Gasteiger partial charge in [0.05, 0.1) is 12.5 Å². The highest BCUT2D eigenvalue weighted by Crippen LogP contribution is 2.12. The molecule has 1 unspecified atom stereocenters. The smallest absolute Gasteiger partial charge is 0.307 e. The number of nitrogens with zero attached hydrogens (tertiary/aromatic N) is 1. The van der Waals surface area contributed by atoms with Crippen LogP contribution in [0.15, 0.2) is 0 Å². The minimum absolute atomic E-state index is 0.157. The van der Waals surface area contributed by atoms with Gasteiger partial charge in [-0.05, 0) is 27.2 Å². The summed E-state index contributed by atoms with van der Waals surface area (Å²) < 4.78 is 5.16. The summed E-state index contributed by atoms with van der Waals surface area (Å²) in [6, 6.07) is -0.384. The molecule has 6 heteroatoms. The minimum Gasteiger partial charge on any atom is -0.460 e. The van der Waals surface area contributed by atoms with Crippen molar-refractivity contribution in [2.45, 2.75) is 51.7 Å². The Morgan fingerprint density at radius 1 is 1.42 bits per heavy atom. The number of ether oxygens (including phenoxy) is 1. The number of hydrogen-bond acceptors (Lipinski definition) is 5. The number of carbonyl (C=O) groups is 3. The van der Waals surface area contributed by atoms with Gasteiger partial charge in [0, 0.05) is 20.0 Å². The summed E-state index contributed by atoms with van der Waals surface area (Å²) in [6.45, 7) is 5.80. The van der Waals surface area contributed by atoms with Crippen LogP contribution in [0.3, 0.4) is 0 Å². The molecule has 2 amide bonds. The van der Waals surface area contributed by atoms with Crippen LogP contribution in [-0.2, 0) is 19.1 Å². The molecule has 0 bridgehead atoms. The Kier molecular flexibility index (Phi) is 5.05. The van der Waals surface area contributed by atoms with E-state index < -0.39 is 5.60 Å². The first-order chi connectivity index (χ1) is 8.70. The number of esters is 1. The second-order valence-electron chi connectivity index (χ2n) is 5.67. The van der Waals surface area contributed by atoms with Gasteiger partial charge in [-0.2, -0.15) is 0 Å². The van der Waals surface area contributed by atoms with Crippen LogP contribution >= 0.6 is 0 Å². The second kappa shape index (κ2) is 6.14. The lowest BCUT2D eigenvalue weighted by Gasteiger charge is -2.28. The average Bonchev–Trinajstić information content (AvgIpc) is 2.27. The molecule has 6 nitrogen and oxygen atoms in total. The Bertz CT molecular complexity index is 373. The molecule has 1 fully saturated rings. The predicted octanol–water partition coefficient (Wildman–Crippen LogP) is 0.455. The Labute approximate surface area is 113 Å². The summed E-state index contributed by atoms with van der Waals surface area (Å²) in [4.78, 5) is 35.7. The van der Waals surface area contributed by atoms with Crippen LogP contribution in [0.4, 0.5) is 0 Å². The number of likely N-dealkylation sites (N-methyl/N-ethyl adjacent to an activating group) is 1. The molecule has 0 aromatic heterocycles. The molecule has 1 aliphatic heterocycles. The zero-order valence-electron chi connectivity index (χ0n) is 12.0. The predicted molar refractivity (Wildman–Crippen MR) is 69.3 cm³/mol. The molecule has 19 heavy (non-hydrogen) atoms. The molecule has 0 radical (unpaired) electrons. The number of hydrogen-bond donors (Lipinski definition) is 1. The summed E-state index contributed by atoms with van der Waals surface area (Å²) in [5, 5.41) is 2.99. The summed E-state index contributed by atoms with van der Waals surface area (Å²) in [6.07, 6.45) is 1.04. The van der Waals surface area contributed by atoms with Crippen molar-refractivity contribution in [3.63, 3.8) is 0 Å². The Morgan fingerprint density at radius 3 is 2.63 bits per heavy atom. The van der Waals surface area contributed by atoms with Gasteiger partial charge >= 0.3 is 5.97 Å². The fourth-order valence-corrected chi connectivity index (χ4v) is 1.85. The largest absolute Gasteiger partial charge is 0.460 e. The molecule has 1 aliphatic rings.